The molecule has 0 bridgehead atoms. The van der Waals surface area contributed by atoms with Gasteiger partial charge in [-0.05, 0) is 101 Å². The molecular weight excluding hydrogens is 593 g/mol. The molecule has 0 aromatic heterocycles. The molecule has 0 fully saturated rings. The summed E-state index contributed by atoms with van der Waals surface area (Å²) in [5.74, 6) is 0.635. The third-order valence-corrected chi connectivity index (χ3v) is 11.0. The van der Waals surface area contributed by atoms with Crippen LogP contribution in [-0.4, -0.2) is 23.9 Å². The molecule has 2 heteroatoms. The number of allylic oxidation sites excluding steroid dienone is 8. The van der Waals surface area contributed by atoms with Crippen LogP contribution >= 0.6 is 0 Å². The topological polar surface area (TPSA) is 6.25 Å². The molecule has 6 rings (SSSR count). The summed E-state index contributed by atoms with van der Waals surface area (Å²) in [6.07, 6.45) is 17.0. The molecule has 2 atom stereocenters. The van der Waals surface area contributed by atoms with E-state index in [-0.39, 0.29) is 10.8 Å². The van der Waals surface area contributed by atoms with Crippen molar-refractivity contribution in [3.8, 4) is 0 Å². The average Bonchev–Trinajstić information content (AvgIpc) is 3.44. The maximum atomic E-state index is 2.62. The van der Waals surface area contributed by atoms with Crippen LogP contribution in [0.15, 0.2) is 127 Å². The van der Waals surface area contributed by atoms with E-state index < -0.39 is 0 Å². The Bertz CT molecular complexity index is 2010. The van der Waals surface area contributed by atoms with Crippen LogP contribution < -0.4 is 4.90 Å². The van der Waals surface area contributed by atoms with Gasteiger partial charge in [-0.2, -0.15) is 4.58 Å². The SMILES string of the molecule is CC(C)=CCC1(C)\C(=C/C=C/C=C/C2=[N+](C)c3c(C)cccc3C2(C)Cc2ccc(C)cc2)N(CCC(C)C)c2ccc3ccccc3c21. The first-order chi connectivity index (χ1) is 23.4. The maximum Gasteiger partial charge on any atom is 0.212 e. The largest absolute Gasteiger partial charge is 0.344 e. The third kappa shape index (κ3) is 6.51. The minimum absolute atomic E-state index is 0.126. The second-order valence-electron chi connectivity index (χ2n) is 15.5. The molecule has 0 saturated heterocycles. The summed E-state index contributed by atoms with van der Waals surface area (Å²) >= 11 is 0. The van der Waals surface area contributed by atoms with Crippen molar-refractivity contribution in [1.82, 2.24) is 0 Å². The van der Waals surface area contributed by atoms with Gasteiger partial charge in [-0.3, -0.25) is 0 Å². The predicted octanol–water partition coefficient (Wildman–Crippen LogP) is 11.9. The lowest BCUT2D eigenvalue weighted by Gasteiger charge is -2.30. The number of hydrogen-bond donors (Lipinski definition) is 0. The number of aryl methyl sites for hydroxylation is 2. The Labute approximate surface area is 295 Å². The second-order valence-corrected chi connectivity index (χ2v) is 15.5. The van der Waals surface area contributed by atoms with E-state index in [0.717, 1.165) is 25.8 Å². The minimum atomic E-state index is -0.134. The Morgan fingerprint density at radius 2 is 1.59 bits per heavy atom. The molecule has 0 aliphatic carbocycles. The first-order valence-corrected chi connectivity index (χ1v) is 18.2. The molecule has 2 unspecified atom stereocenters. The van der Waals surface area contributed by atoms with Gasteiger partial charge in [0.1, 0.15) is 7.05 Å². The van der Waals surface area contributed by atoms with E-state index in [4.69, 9.17) is 0 Å². The molecule has 2 aliphatic heterocycles. The van der Waals surface area contributed by atoms with Crippen molar-refractivity contribution < 1.29 is 4.58 Å². The number of rotatable bonds is 10. The number of fused-ring (bicyclic) bond motifs is 4. The van der Waals surface area contributed by atoms with Crippen molar-refractivity contribution >= 4 is 27.9 Å². The zero-order valence-electron chi connectivity index (χ0n) is 31.3. The van der Waals surface area contributed by atoms with Crippen molar-refractivity contribution in [3.63, 3.8) is 0 Å². The van der Waals surface area contributed by atoms with Crippen LogP contribution in [0.4, 0.5) is 11.4 Å². The Balaban J connectivity index is 1.39. The minimum Gasteiger partial charge on any atom is -0.344 e. The molecule has 0 spiro atoms. The molecule has 4 aromatic rings. The zero-order valence-corrected chi connectivity index (χ0v) is 31.3. The maximum absolute atomic E-state index is 2.62. The second kappa shape index (κ2) is 13.8. The van der Waals surface area contributed by atoms with E-state index in [9.17, 15) is 0 Å². The van der Waals surface area contributed by atoms with E-state index >= 15 is 0 Å². The van der Waals surface area contributed by atoms with Crippen LogP contribution in [0.2, 0.25) is 0 Å². The highest BCUT2D eigenvalue weighted by atomic mass is 15.2. The van der Waals surface area contributed by atoms with Crippen LogP contribution in [0.3, 0.4) is 0 Å². The van der Waals surface area contributed by atoms with E-state index in [0.29, 0.717) is 5.92 Å². The zero-order chi connectivity index (χ0) is 34.9. The monoisotopic (exact) mass is 647 g/mol. The molecule has 49 heavy (non-hydrogen) atoms. The molecule has 0 N–H and O–H groups in total. The average molecular weight is 648 g/mol. The normalized spacial score (nSPS) is 21.2. The molecule has 2 heterocycles. The van der Waals surface area contributed by atoms with Gasteiger partial charge in [0.25, 0.3) is 0 Å². The van der Waals surface area contributed by atoms with Gasteiger partial charge in [0, 0.05) is 40.5 Å². The van der Waals surface area contributed by atoms with Crippen molar-refractivity contribution in [2.24, 2.45) is 5.92 Å². The Hall–Kier alpha value is -4.43. The Morgan fingerprint density at radius 3 is 2.33 bits per heavy atom. The molecule has 2 aliphatic rings. The van der Waals surface area contributed by atoms with Crippen LogP contribution in [0.25, 0.3) is 10.8 Å². The van der Waals surface area contributed by atoms with Gasteiger partial charge in [0.05, 0.1) is 5.41 Å². The fourth-order valence-corrected chi connectivity index (χ4v) is 8.27. The fraction of sp³-hybridized carbons (Fsp3) is 0.340. The summed E-state index contributed by atoms with van der Waals surface area (Å²) in [6, 6.07) is 29.4. The standard InChI is InChI=1S/C47H55N2/c1-33(2)28-30-46(7)43(49(31-29-34(3)4)41-27-26-38-17-13-14-18-39(38)44(41)46)21-12-10-11-20-42-47(8,32-37-24-22-35(5)23-25-37)40-19-15-16-36(6)45(40)48(42)9/h10-28,34H,29-32H2,1-9H3/q+1. The van der Waals surface area contributed by atoms with Gasteiger partial charge in [0.2, 0.25) is 5.69 Å². The Morgan fingerprint density at radius 1 is 0.837 bits per heavy atom. The van der Waals surface area contributed by atoms with Gasteiger partial charge < -0.3 is 4.90 Å². The number of para-hydroxylation sites is 1. The summed E-state index contributed by atoms with van der Waals surface area (Å²) in [4.78, 5) is 2.62. The van der Waals surface area contributed by atoms with E-state index in [1.807, 2.05) is 0 Å². The quantitative estimate of drug-likeness (QED) is 0.0943. The molecule has 0 radical (unpaired) electrons. The number of hydrogen-bond acceptors (Lipinski definition) is 1. The smallest absolute Gasteiger partial charge is 0.212 e. The summed E-state index contributed by atoms with van der Waals surface area (Å²) < 4.78 is 2.42. The fourth-order valence-electron chi connectivity index (χ4n) is 8.27. The summed E-state index contributed by atoms with van der Waals surface area (Å²) in [5, 5.41) is 2.69. The molecule has 2 nitrogen and oxygen atoms in total. The lowest BCUT2D eigenvalue weighted by molar-refractivity contribution is -0.402. The summed E-state index contributed by atoms with van der Waals surface area (Å²) in [6.45, 7) is 19.4. The summed E-state index contributed by atoms with van der Waals surface area (Å²) in [5.41, 5.74) is 13.4. The third-order valence-electron chi connectivity index (χ3n) is 11.0. The van der Waals surface area contributed by atoms with Gasteiger partial charge in [-0.1, -0.05) is 122 Å². The molecule has 252 valence electrons. The van der Waals surface area contributed by atoms with Crippen molar-refractivity contribution in [3.05, 3.63) is 154 Å². The van der Waals surface area contributed by atoms with Gasteiger partial charge >= 0.3 is 0 Å². The number of anilines is 1. The first kappa shape index (κ1) is 34.4. The molecule has 0 amide bonds. The van der Waals surface area contributed by atoms with E-state index in [1.165, 1.54) is 66.9 Å². The predicted molar refractivity (Wildman–Crippen MR) is 213 cm³/mol. The molecule has 0 saturated carbocycles. The lowest BCUT2D eigenvalue weighted by Crippen LogP contribution is -2.33. The van der Waals surface area contributed by atoms with Gasteiger partial charge in [-0.15, -0.1) is 0 Å². The van der Waals surface area contributed by atoms with Crippen LogP contribution in [0.1, 0.15) is 82.2 Å². The van der Waals surface area contributed by atoms with Crippen LogP contribution in [0, 0.1) is 19.8 Å². The van der Waals surface area contributed by atoms with Crippen LogP contribution in [0.5, 0.6) is 0 Å². The van der Waals surface area contributed by atoms with E-state index in [1.54, 1.807) is 0 Å². The van der Waals surface area contributed by atoms with E-state index in [2.05, 4.69) is 187 Å². The first-order valence-electron chi connectivity index (χ1n) is 18.2. The number of nitrogens with zero attached hydrogens (tertiary/aromatic N) is 2. The molecule has 4 aromatic carbocycles. The highest BCUT2D eigenvalue weighted by Gasteiger charge is 2.47. The van der Waals surface area contributed by atoms with Crippen molar-refractivity contribution in [2.45, 2.75) is 85.5 Å². The van der Waals surface area contributed by atoms with Crippen LogP contribution in [-0.2, 0) is 17.3 Å². The lowest BCUT2D eigenvalue weighted by atomic mass is 9.74. The van der Waals surface area contributed by atoms with Crippen molar-refractivity contribution in [2.75, 3.05) is 18.5 Å². The number of benzene rings is 4. The molecular formula is C47H55N2+. The summed E-state index contributed by atoms with van der Waals surface area (Å²) in [7, 11) is 2.24. The highest BCUT2D eigenvalue weighted by Crippen LogP contribution is 2.53. The van der Waals surface area contributed by atoms with Gasteiger partial charge in [-0.25, -0.2) is 0 Å². The Kier molecular flexibility index (Phi) is 9.72. The highest BCUT2D eigenvalue weighted by molar-refractivity contribution is 6.04. The van der Waals surface area contributed by atoms with Gasteiger partial charge in [0.15, 0.2) is 5.71 Å². The van der Waals surface area contributed by atoms with Crippen molar-refractivity contribution in [1.29, 1.82) is 0 Å².